The summed E-state index contributed by atoms with van der Waals surface area (Å²) >= 11 is 0. The quantitative estimate of drug-likeness (QED) is 0.651. The minimum atomic E-state index is -0.297. The number of hydrogen-bond acceptors (Lipinski definition) is 2. The maximum atomic E-state index is 13.3. The number of carbonyl (C=O) groups excluding carboxylic acids is 2. The van der Waals surface area contributed by atoms with Crippen molar-refractivity contribution in [3.05, 3.63) is 95.1 Å². The normalized spacial score (nSPS) is 20.0. The molecule has 0 spiro atoms. The lowest BCUT2D eigenvalue weighted by molar-refractivity contribution is -0.129. The van der Waals surface area contributed by atoms with Crippen LogP contribution >= 0.6 is 0 Å². The first-order chi connectivity index (χ1) is 15.0. The number of benzene rings is 2. The molecule has 5 rings (SSSR count). The Morgan fingerprint density at radius 3 is 2.52 bits per heavy atom. The van der Waals surface area contributed by atoms with Crippen molar-refractivity contribution in [2.45, 2.75) is 32.0 Å². The van der Waals surface area contributed by atoms with Gasteiger partial charge in [-0.15, -0.1) is 0 Å². The number of amides is 2. The summed E-state index contributed by atoms with van der Waals surface area (Å²) in [5.74, 6) is -0.273. The van der Waals surface area contributed by atoms with Gasteiger partial charge in [0.25, 0.3) is 5.91 Å². The van der Waals surface area contributed by atoms with E-state index < -0.39 is 0 Å². The van der Waals surface area contributed by atoms with E-state index in [1.807, 2.05) is 63.9 Å². The highest BCUT2D eigenvalue weighted by molar-refractivity contribution is 5.94. The molecule has 0 aliphatic carbocycles. The molecule has 1 saturated heterocycles. The molecule has 2 aromatic carbocycles. The first-order valence-corrected chi connectivity index (χ1v) is 10.6. The number of carbonyl (C=O) groups is 2. The van der Waals surface area contributed by atoms with Gasteiger partial charge in [-0.3, -0.25) is 9.59 Å². The van der Waals surface area contributed by atoms with Crippen LogP contribution in [-0.4, -0.2) is 45.3 Å². The van der Waals surface area contributed by atoms with E-state index in [1.54, 1.807) is 12.1 Å². The fraction of sp³-hybridized carbons (Fsp3) is 0.280. The summed E-state index contributed by atoms with van der Waals surface area (Å²) < 4.78 is 15.3. The van der Waals surface area contributed by atoms with Crippen LogP contribution in [0.15, 0.2) is 66.9 Å². The van der Waals surface area contributed by atoms with Crippen molar-refractivity contribution in [3.8, 4) is 0 Å². The Hall–Kier alpha value is -3.41. The summed E-state index contributed by atoms with van der Waals surface area (Å²) in [5.41, 5.74) is 3.64. The molecule has 2 aliphatic rings. The predicted molar refractivity (Wildman–Crippen MR) is 115 cm³/mol. The number of aryl methyl sites for hydroxylation is 1. The average Bonchev–Trinajstić information content (AvgIpc) is 3.41. The zero-order valence-corrected chi connectivity index (χ0v) is 17.4. The summed E-state index contributed by atoms with van der Waals surface area (Å²) in [6.07, 6.45) is 2.28. The van der Waals surface area contributed by atoms with Gasteiger partial charge >= 0.3 is 0 Å². The number of halogens is 1. The molecule has 3 heterocycles. The van der Waals surface area contributed by atoms with Gasteiger partial charge in [0.2, 0.25) is 5.91 Å². The number of aromatic nitrogens is 1. The summed E-state index contributed by atoms with van der Waals surface area (Å²) in [7, 11) is 0. The van der Waals surface area contributed by atoms with Gasteiger partial charge in [0.1, 0.15) is 11.5 Å². The van der Waals surface area contributed by atoms with Crippen molar-refractivity contribution in [3.63, 3.8) is 0 Å². The standard InChI is InChI=1S/C25H24FN3O2/c1-17-5-2-3-6-19(17)13-24(30)27-15-22-23(16-27)29(14-18-8-10-20(26)11-9-18)25(31)21-7-4-12-28(21)22/h2-12,22-23H,13-16H2,1H3/t22-,23+/m0/s1. The second kappa shape index (κ2) is 7.69. The molecule has 158 valence electrons. The maximum absolute atomic E-state index is 13.3. The second-order valence-corrected chi connectivity index (χ2v) is 8.40. The molecule has 3 aromatic rings. The third-order valence-corrected chi connectivity index (χ3v) is 6.50. The highest BCUT2D eigenvalue weighted by atomic mass is 19.1. The lowest BCUT2D eigenvalue weighted by atomic mass is 10.0. The van der Waals surface area contributed by atoms with Crippen LogP contribution in [-0.2, 0) is 17.8 Å². The molecule has 5 nitrogen and oxygen atoms in total. The predicted octanol–water partition coefficient (Wildman–Crippen LogP) is 3.59. The van der Waals surface area contributed by atoms with E-state index in [0.717, 1.165) is 16.7 Å². The van der Waals surface area contributed by atoms with Crippen molar-refractivity contribution in [2.24, 2.45) is 0 Å². The van der Waals surface area contributed by atoms with Crippen molar-refractivity contribution >= 4 is 11.8 Å². The molecule has 2 aliphatic heterocycles. The van der Waals surface area contributed by atoms with Crippen LogP contribution in [0.3, 0.4) is 0 Å². The van der Waals surface area contributed by atoms with Crippen molar-refractivity contribution in [1.29, 1.82) is 0 Å². The summed E-state index contributed by atoms with van der Waals surface area (Å²) in [6, 6.07) is 17.8. The van der Waals surface area contributed by atoms with E-state index in [4.69, 9.17) is 0 Å². The Bertz CT molecular complexity index is 1140. The van der Waals surface area contributed by atoms with Crippen LogP contribution in [0.2, 0.25) is 0 Å². The molecule has 6 heteroatoms. The largest absolute Gasteiger partial charge is 0.338 e. The molecule has 2 amide bonds. The van der Waals surface area contributed by atoms with E-state index in [1.165, 1.54) is 12.1 Å². The Labute approximate surface area is 180 Å². The molecule has 2 atom stereocenters. The minimum Gasteiger partial charge on any atom is -0.338 e. The molecule has 0 N–H and O–H groups in total. The number of rotatable bonds is 4. The smallest absolute Gasteiger partial charge is 0.271 e. The van der Waals surface area contributed by atoms with E-state index >= 15 is 0 Å². The molecular weight excluding hydrogens is 393 g/mol. The van der Waals surface area contributed by atoms with E-state index in [9.17, 15) is 14.0 Å². The third kappa shape index (κ3) is 3.52. The fourth-order valence-corrected chi connectivity index (χ4v) is 4.77. The third-order valence-electron chi connectivity index (χ3n) is 6.50. The van der Waals surface area contributed by atoms with E-state index in [0.29, 0.717) is 31.7 Å². The fourth-order valence-electron chi connectivity index (χ4n) is 4.77. The van der Waals surface area contributed by atoms with E-state index in [-0.39, 0.29) is 29.7 Å². The molecular formula is C25H24FN3O2. The lowest BCUT2D eigenvalue weighted by Crippen LogP contribution is -2.49. The van der Waals surface area contributed by atoms with Gasteiger partial charge in [0.05, 0.1) is 18.5 Å². The summed E-state index contributed by atoms with van der Waals surface area (Å²) in [4.78, 5) is 30.1. The highest BCUT2D eigenvalue weighted by Crippen LogP contribution is 2.35. The van der Waals surface area contributed by atoms with Crippen molar-refractivity contribution in [1.82, 2.24) is 14.4 Å². The number of nitrogens with zero attached hydrogens (tertiary/aromatic N) is 3. The van der Waals surface area contributed by atoms with Crippen LogP contribution in [0.5, 0.6) is 0 Å². The maximum Gasteiger partial charge on any atom is 0.271 e. The summed E-state index contributed by atoms with van der Waals surface area (Å²) in [6.45, 7) is 3.48. The Balaban J connectivity index is 1.41. The van der Waals surface area contributed by atoms with Crippen molar-refractivity contribution < 1.29 is 14.0 Å². The van der Waals surface area contributed by atoms with Gasteiger partial charge in [-0.1, -0.05) is 36.4 Å². The molecule has 1 fully saturated rings. The number of fused-ring (bicyclic) bond motifs is 3. The van der Waals surface area contributed by atoms with Crippen LogP contribution in [0.1, 0.15) is 33.2 Å². The second-order valence-electron chi connectivity index (χ2n) is 8.40. The van der Waals surface area contributed by atoms with Crippen LogP contribution < -0.4 is 0 Å². The number of hydrogen-bond donors (Lipinski definition) is 0. The molecule has 31 heavy (non-hydrogen) atoms. The Morgan fingerprint density at radius 2 is 1.74 bits per heavy atom. The van der Waals surface area contributed by atoms with Crippen LogP contribution in [0.4, 0.5) is 4.39 Å². The lowest BCUT2D eigenvalue weighted by Gasteiger charge is -2.38. The first kappa shape index (κ1) is 19.5. The van der Waals surface area contributed by atoms with Gasteiger partial charge in [0, 0.05) is 25.8 Å². The van der Waals surface area contributed by atoms with Gasteiger partial charge in [-0.05, 0) is 47.9 Å². The van der Waals surface area contributed by atoms with Crippen molar-refractivity contribution in [2.75, 3.05) is 13.1 Å². The molecule has 0 radical (unpaired) electrons. The highest BCUT2D eigenvalue weighted by Gasteiger charge is 2.46. The van der Waals surface area contributed by atoms with Gasteiger partial charge in [-0.25, -0.2) is 4.39 Å². The van der Waals surface area contributed by atoms with Crippen LogP contribution in [0, 0.1) is 12.7 Å². The topological polar surface area (TPSA) is 45.6 Å². The average molecular weight is 417 g/mol. The minimum absolute atomic E-state index is 0.0176. The van der Waals surface area contributed by atoms with Crippen LogP contribution in [0.25, 0.3) is 0 Å². The zero-order chi connectivity index (χ0) is 21.5. The Morgan fingerprint density at radius 1 is 1.00 bits per heavy atom. The molecule has 1 aromatic heterocycles. The first-order valence-electron chi connectivity index (χ1n) is 10.6. The SMILES string of the molecule is Cc1ccccc1CC(=O)N1C[C@@H]2[C@H](C1)n1cccc1C(=O)N2Cc1ccc(F)cc1. The number of likely N-dealkylation sites (tertiary alicyclic amines) is 1. The van der Waals surface area contributed by atoms with Gasteiger partial charge in [0.15, 0.2) is 0 Å². The molecule has 0 saturated carbocycles. The molecule has 0 bridgehead atoms. The van der Waals surface area contributed by atoms with E-state index in [2.05, 4.69) is 0 Å². The molecule has 0 unspecified atom stereocenters. The Kier molecular flexibility index (Phi) is 4.85. The van der Waals surface area contributed by atoms with Gasteiger partial charge in [-0.2, -0.15) is 0 Å². The zero-order valence-electron chi connectivity index (χ0n) is 17.4. The monoisotopic (exact) mass is 417 g/mol. The van der Waals surface area contributed by atoms with Gasteiger partial charge < -0.3 is 14.4 Å². The summed E-state index contributed by atoms with van der Waals surface area (Å²) in [5, 5.41) is 0.